The summed E-state index contributed by atoms with van der Waals surface area (Å²) in [5.41, 5.74) is 4.99. The lowest BCUT2D eigenvalue weighted by atomic mass is 10.1. The van der Waals surface area contributed by atoms with Crippen LogP contribution in [-0.4, -0.2) is 40.1 Å². The Morgan fingerprint density at radius 2 is 1.97 bits per heavy atom. The number of ether oxygens (including phenoxy) is 1. The van der Waals surface area contributed by atoms with E-state index in [4.69, 9.17) is 4.74 Å². The van der Waals surface area contributed by atoms with Crippen LogP contribution in [0.25, 0.3) is 17.0 Å². The molecule has 178 valence electrons. The van der Waals surface area contributed by atoms with Crippen LogP contribution in [0.1, 0.15) is 28.5 Å². The molecule has 5 rings (SSSR count). The molecule has 4 aromatic heterocycles. The van der Waals surface area contributed by atoms with Crippen molar-refractivity contribution in [1.82, 2.24) is 34.2 Å². The zero-order chi connectivity index (χ0) is 24.5. The monoisotopic (exact) mass is 534 g/mol. The van der Waals surface area contributed by atoms with Crippen molar-refractivity contribution in [3.8, 4) is 17.1 Å². The standard InChI is InChI=1S/C24H23BrN8O2/c1-4-31-13-18(25)23(30-31)20-7-8-26-22-10-19(29-33(20)22)24(34)28-17-11-27-32(12-17)14-35-21-6-5-15(2)9-16(21)3/h5-13H,4,14H2,1-3H3,(H,28,34). The maximum absolute atomic E-state index is 12.9. The topological polar surface area (TPSA) is 104 Å². The van der Waals surface area contributed by atoms with Gasteiger partial charge in [0.05, 0.1) is 28.2 Å². The van der Waals surface area contributed by atoms with Crippen LogP contribution in [0, 0.1) is 13.8 Å². The van der Waals surface area contributed by atoms with Gasteiger partial charge in [-0.15, -0.1) is 0 Å². The van der Waals surface area contributed by atoms with Gasteiger partial charge >= 0.3 is 0 Å². The fraction of sp³-hybridized carbons (Fsp3) is 0.208. The first kappa shape index (κ1) is 22.8. The molecular weight excluding hydrogens is 512 g/mol. The largest absolute Gasteiger partial charge is 0.471 e. The van der Waals surface area contributed by atoms with Crippen LogP contribution < -0.4 is 10.1 Å². The number of hydrogen-bond donors (Lipinski definition) is 1. The molecule has 11 heteroatoms. The van der Waals surface area contributed by atoms with Crippen LogP contribution in [0.2, 0.25) is 0 Å². The number of carbonyl (C=O) groups is 1. The fourth-order valence-electron chi connectivity index (χ4n) is 3.71. The SMILES string of the molecule is CCn1cc(Br)c(-c2ccnc3cc(C(=O)Nc4cnn(COc5ccc(C)cc5C)c4)nn23)n1. The van der Waals surface area contributed by atoms with Crippen molar-refractivity contribution in [2.75, 3.05) is 5.32 Å². The normalized spacial score (nSPS) is 11.2. The number of halogens is 1. The molecule has 0 fully saturated rings. The van der Waals surface area contributed by atoms with E-state index in [0.717, 1.165) is 33.7 Å². The van der Waals surface area contributed by atoms with E-state index in [-0.39, 0.29) is 18.3 Å². The summed E-state index contributed by atoms with van der Waals surface area (Å²) < 4.78 is 11.7. The van der Waals surface area contributed by atoms with Gasteiger partial charge in [0, 0.05) is 25.0 Å². The Hall–Kier alpha value is -3.99. The Morgan fingerprint density at radius 1 is 1.11 bits per heavy atom. The summed E-state index contributed by atoms with van der Waals surface area (Å²) in [6, 6.07) is 9.45. The third kappa shape index (κ3) is 4.67. The first-order valence-electron chi connectivity index (χ1n) is 11.0. The van der Waals surface area contributed by atoms with Gasteiger partial charge in [-0.3, -0.25) is 9.48 Å². The lowest BCUT2D eigenvalue weighted by Crippen LogP contribution is -2.12. The number of nitrogens with zero attached hydrogens (tertiary/aromatic N) is 7. The average molecular weight is 535 g/mol. The van der Waals surface area contributed by atoms with Crippen molar-refractivity contribution in [3.05, 3.63) is 76.4 Å². The van der Waals surface area contributed by atoms with Crippen LogP contribution in [-0.2, 0) is 13.3 Å². The van der Waals surface area contributed by atoms with Crippen molar-refractivity contribution in [3.63, 3.8) is 0 Å². The van der Waals surface area contributed by atoms with E-state index in [9.17, 15) is 4.79 Å². The molecule has 0 aliphatic rings. The molecule has 10 nitrogen and oxygen atoms in total. The number of fused-ring (bicyclic) bond motifs is 1. The quantitative estimate of drug-likeness (QED) is 0.330. The predicted octanol–water partition coefficient (Wildman–Crippen LogP) is 4.48. The van der Waals surface area contributed by atoms with Gasteiger partial charge in [0.2, 0.25) is 0 Å². The smallest absolute Gasteiger partial charge is 0.276 e. The average Bonchev–Trinajstić information content (AvgIpc) is 3.56. The third-order valence-electron chi connectivity index (χ3n) is 5.45. The lowest BCUT2D eigenvalue weighted by molar-refractivity contribution is 0.102. The zero-order valence-corrected chi connectivity index (χ0v) is 21.0. The first-order chi connectivity index (χ1) is 16.9. The van der Waals surface area contributed by atoms with Crippen LogP contribution in [0.5, 0.6) is 5.75 Å². The second-order valence-corrected chi connectivity index (χ2v) is 8.93. The van der Waals surface area contributed by atoms with Crippen LogP contribution >= 0.6 is 15.9 Å². The van der Waals surface area contributed by atoms with Crippen molar-refractivity contribution >= 4 is 33.2 Å². The fourth-order valence-corrected chi connectivity index (χ4v) is 4.23. The van der Waals surface area contributed by atoms with Crippen LogP contribution in [0.4, 0.5) is 5.69 Å². The van der Waals surface area contributed by atoms with Gasteiger partial charge in [-0.1, -0.05) is 17.7 Å². The molecule has 35 heavy (non-hydrogen) atoms. The maximum atomic E-state index is 12.9. The van der Waals surface area contributed by atoms with E-state index < -0.39 is 0 Å². The highest BCUT2D eigenvalue weighted by atomic mass is 79.9. The molecule has 1 amide bonds. The van der Waals surface area contributed by atoms with Gasteiger partial charge in [-0.05, 0) is 54.4 Å². The molecule has 0 saturated carbocycles. The molecular formula is C24H23BrN8O2. The number of anilines is 1. The summed E-state index contributed by atoms with van der Waals surface area (Å²) >= 11 is 3.55. The summed E-state index contributed by atoms with van der Waals surface area (Å²) in [5, 5.41) is 16.2. The number of aryl methyl sites for hydroxylation is 3. The lowest BCUT2D eigenvalue weighted by Gasteiger charge is -2.09. The van der Waals surface area contributed by atoms with Crippen molar-refractivity contribution in [2.45, 2.75) is 34.0 Å². The molecule has 1 aromatic carbocycles. The number of amides is 1. The van der Waals surface area contributed by atoms with Gasteiger partial charge in [-0.25, -0.2) is 14.2 Å². The van der Waals surface area contributed by atoms with Crippen molar-refractivity contribution in [1.29, 1.82) is 0 Å². The zero-order valence-electron chi connectivity index (χ0n) is 19.4. The Kier molecular flexibility index (Phi) is 6.08. The molecule has 0 atom stereocenters. The summed E-state index contributed by atoms with van der Waals surface area (Å²) in [7, 11) is 0. The number of hydrogen-bond acceptors (Lipinski definition) is 6. The predicted molar refractivity (Wildman–Crippen MR) is 134 cm³/mol. The minimum atomic E-state index is -0.366. The van der Waals surface area contributed by atoms with Crippen molar-refractivity contribution in [2.24, 2.45) is 0 Å². The number of nitrogens with one attached hydrogen (secondary N) is 1. The first-order valence-corrected chi connectivity index (χ1v) is 11.8. The van der Waals surface area contributed by atoms with Gasteiger partial charge in [0.25, 0.3) is 5.91 Å². The molecule has 0 aliphatic heterocycles. The van der Waals surface area contributed by atoms with Gasteiger partial charge < -0.3 is 10.1 Å². The van der Waals surface area contributed by atoms with Crippen LogP contribution in [0.15, 0.2) is 59.6 Å². The number of rotatable bonds is 7. The second-order valence-electron chi connectivity index (χ2n) is 8.08. The van der Waals surface area contributed by atoms with Gasteiger partial charge in [-0.2, -0.15) is 15.3 Å². The summed E-state index contributed by atoms with van der Waals surface area (Å²) in [5.74, 6) is 0.426. The molecule has 1 N–H and O–H groups in total. The van der Waals surface area contributed by atoms with E-state index in [1.54, 1.807) is 33.9 Å². The Morgan fingerprint density at radius 3 is 2.74 bits per heavy atom. The maximum Gasteiger partial charge on any atom is 0.276 e. The number of carbonyl (C=O) groups excluding carboxylic acids is 1. The summed E-state index contributed by atoms with van der Waals surface area (Å²) in [6.45, 7) is 7.02. The molecule has 0 bridgehead atoms. The Bertz CT molecular complexity index is 1530. The highest BCUT2D eigenvalue weighted by Gasteiger charge is 2.18. The molecule has 0 spiro atoms. The van der Waals surface area contributed by atoms with E-state index in [1.807, 2.05) is 49.8 Å². The molecule has 0 radical (unpaired) electrons. The number of benzene rings is 1. The van der Waals surface area contributed by atoms with E-state index >= 15 is 0 Å². The molecule has 4 heterocycles. The number of aromatic nitrogens is 7. The molecule has 0 aliphatic carbocycles. The molecule has 0 unspecified atom stereocenters. The van der Waals surface area contributed by atoms with E-state index in [2.05, 4.69) is 47.6 Å². The highest BCUT2D eigenvalue weighted by molar-refractivity contribution is 9.10. The van der Waals surface area contributed by atoms with Crippen LogP contribution in [0.3, 0.4) is 0 Å². The second kappa shape index (κ2) is 9.34. The third-order valence-corrected chi connectivity index (χ3v) is 6.03. The Labute approximate surface area is 209 Å². The minimum absolute atomic E-state index is 0.223. The summed E-state index contributed by atoms with van der Waals surface area (Å²) in [4.78, 5) is 17.2. The van der Waals surface area contributed by atoms with Crippen molar-refractivity contribution < 1.29 is 9.53 Å². The minimum Gasteiger partial charge on any atom is -0.471 e. The van der Waals surface area contributed by atoms with Gasteiger partial charge in [0.15, 0.2) is 18.1 Å². The van der Waals surface area contributed by atoms with Gasteiger partial charge in [0.1, 0.15) is 11.4 Å². The Balaban J connectivity index is 1.31. The highest BCUT2D eigenvalue weighted by Crippen LogP contribution is 2.27. The summed E-state index contributed by atoms with van der Waals surface area (Å²) in [6.07, 6.45) is 6.85. The van der Waals surface area contributed by atoms with E-state index in [1.165, 1.54) is 5.56 Å². The molecule has 0 saturated heterocycles. The molecule has 5 aromatic rings. The van der Waals surface area contributed by atoms with E-state index in [0.29, 0.717) is 11.3 Å².